The van der Waals surface area contributed by atoms with Gasteiger partial charge in [-0.3, -0.25) is 9.59 Å². The van der Waals surface area contributed by atoms with Gasteiger partial charge in [0.25, 0.3) is 0 Å². The van der Waals surface area contributed by atoms with Gasteiger partial charge in [0.05, 0.1) is 5.56 Å². The second-order valence-electron chi connectivity index (χ2n) is 2.96. The lowest BCUT2D eigenvalue weighted by molar-refractivity contribution is -0.110. The van der Waals surface area contributed by atoms with E-state index in [1.807, 2.05) is 0 Å². The van der Waals surface area contributed by atoms with E-state index in [2.05, 4.69) is 0 Å². The zero-order valence-electron chi connectivity index (χ0n) is 7.02. The molecule has 0 saturated heterocycles. The van der Waals surface area contributed by atoms with Crippen LogP contribution in [0.4, 0.5) is 0 Å². The fourth-order valence-corrected chi connectivity index (χ4v) is 1.38. The van der Waals surface area contributed by atoms with E-state index in [1.54, 1.807) is 0 Å². The number of fused-ring (bicyclic) bond motifs is 1. The molecule has 0 fully saturated rings. The number of rotatable bonds is 0. The second-order valence-corrected chi connectivity index (χ2v) is 2.96. The minimum absolute atomic E-state index is 0.0460. The maximum Gasteiger partial charge on any atom is 0.237 e. The molecule has 1 aliphatic rings. The highest BCUT2D eigenvalue weighted by Crippen LogP contribution is 2.30. The third-order valence-electron chi connectivity index (χ3n) is 2.00. The van der Waals surface area contributed by atoms with Gasteiger partial charge in [0.2, 0.25) is 11.6 Å². The van der Waals surface area contributed by atoms with Crippen molar-refractivity contribution in [2.45, 2.75) is 0 Å². The summed E-state index contributed by atoms with van der Waals surface area (Å²) in [7, 11) is 0. The van der Waals surface area contributed by atoms with E-state index in [9.17, 15) is 14.7 Å². The number of carbonyl (C=O) groups excluding carboxylic acids is 2. The minimum atomic E-state index is -0.750. The maximum absolute atomic E-state index is 11.3. The topological polar surface area (TPSA) is 74.6 Å². The molecule has 70 valence electrons. The number of phenolic OH excluding ortho intramolecular Hbond substituents is 2. The molecule has 0 aromatic heterocycles. The molecular weight excluding hydrogens is 184 g/mol. The van der Waals surface area contributed by atoms with Gasteiger partial charge in [0, 0.05) is 6.07 Å². The van der Waals surface area contributed by atoms with E-state index in [0.717, 1.165) is 12.1 Å². The van der Waals surface area contributed by atoms with Gasteiger partial charge < -0.3 is 10.2 Å². The average Bonchev–Trinajstić information content (AvgIpc) is 2.10. The van der Waals surface area contributed by atoms with Gasteiger partial charge >= 0.3 is 0 Å². The SMILES string of the molecule is O=C1C=Cc2cc(O)cc(O)c2C1=O. The third-order valence-corrected chi connectivity index (χ3v) is 2.00. The van der Waals surface area contributed by atoms with Crippen molar-refractivity contribution in [3.05, 3.63) is 29.3 Å². The molecule has 2 N–H and O–H groups in total. The largest absolute Gasteiger partial charge is 0.508 e. The first-order valence-corrected chi connectivity index (χ1v) is 3.92. The fourth-order valence-electron chi connectivity index (χ4n) is 1.38. The molecule has 0 atom stereocenters. The number of phenols is 2. The predicted molar refractivity (Wildman–Crippen MR) is 48.1 cm³/mol. The van der Waals surface area contributed by atoms with Crippen LogP contribution in [0.2, 0.25) is 0 Å². The van der Waals surface area contributed by atoms with Crippen molar-refractivity contribution in [3.63, 3.8) is 0 Å². The molecule has 0 bridgehead atoms. The van der Waals surface area contributed by atoms with Crippen molar-refractivity contribution in [1.82, 2.24) is 0 Å². The van der Waals surface area contributed by atoms with Gasteiger partial charge in [-0.05, 0) is 23.8 Å². The molecule has 0 amide bonds. The predicted octanol–water partition coefficient (Wildman–Crippen LogP) is 0.876. The third kappa shape index (κ3) is 1.08. The van der Waals surface area contributed by atoms with E-state index >= 15 is 0 Å². The number of carbonyl (C=O) groups is 2. The first-order chi connectivity index (χ1) is 6.59. The van der Waals surface area contributed by atoms with Gasteiger partial charge in [-0.2, -0.15) is 0 Å². The van der Waals surface area contributed by atoms with E-state index in [4.69, 9.17) is 5.11 Å². The van der Waals surface area contributed by atoms with Crippen LogP contribution in [0.15, 0.2) is 18.2 Å². The Morgan fingerprint density at radius 3 is 2.43 bits per heavy atom. The number of Topliss-reactive ketones (excluding diaryl/α,β-unsaturated/α-hetero) is 1. The van der Waals surface area contributed by atoms with Crippen molar-refractivity contribution in [3.8, 4) is 11.5 Å². The first kappa shape index (κ1) is 8.50. The summed E-state index contributed by atoms with van der Waals surface area (Å²) in [6, 6.07) is 2.35. The average molecular weight is 190 g/mol. The van der Waals surface area contributed by atoms with Crippen LogP contribution in [0.5, 0.6) is 11.5 Å². The number of hydrogen-bond acceptors (Lipinski definition) is 4. The van der Waals surface area contributed by atoms with Gasteiger partial charge in [-0.1, -0.05) is 0 Å². The Kier molecular flexibility index (Phi) is 1.64. The molecule has 0 heterocycles. The molecule has 0 unspecified atom stereocenters. The van der Waals surface area contributed by atoms with E-state index in [-0.39, 0.29) is 17.1 Å². The fraction of sp³-hybridized carbons (Fsp3) is 0. The lowest BCUT2D eigenvalue weighted by Crippen LogP contribution is -2.16. The Labute approximate surface area is 79.1 Å². The molecule has 1 aromatic carbocycles. The van der Waals surface area contributed by atoms with Crippen LogP contribution < -0.4 is 0 Å². The number of benzene rings is 1. The Morgan fingerprint density at radius 1 is 1.00 bits per heavy atom. The standard InChI is InChI=1S/C10H6O4/c11-6-3-5-1-2-7(12)10(14)9(5)8(13)4-6/h1-4,11,13H. The monoisotopic (exact) mass is 190 g/mol. The smallest absolute Gasteiger partial charge is 0.237 e. The highest BCUT2D eigenvalue weighted by molar-refractivity contribution is 6.50. The van der Waals surface area contributed by atoms with Crippen LogP contribution in [-0.2, 0) is 4.79 Å². The number of aromatic hydroxyl groups is 2. The molecule has 0 radical (unpaired) electrons. The summed E-state index contributed by atoms with van der Waals surface area (Å²) < 4.78 is 0. The molecule has 0 saturated carbocycles. The molecule has 4 heteroatoms. The summed E-state index contributed by atoms with van der Waals surface area (Å²) in [6.07, 6.45) is 2.50. The lowest BCUT2D eigenvalue weighted by Gasteiger charge is -2.10. The number of ketones is 2. The number of hydrogen-bond donors (Lipinski definition) is 2. The van der Waals surface area contributed by atoms with Gasteiger partial charge in [0.15, 0.2) is 0 Å². The first-order valence-electron chi connectivity index (χ1n) is 3.92. The van der Waals surface area contributed by atoms with E-state index < -0.39 is 11.6 Å². The van der Waals surface area contributed by atoms with Crippen LogP contribution >= 0.6 is 0 Å². The van der Waals surface area contributed by atoms with E-state index in [0.29, 0.717) is 5.56 Å². The lowest BCUT2D eigenvalue weighted by atomic mass is 9.94. The van der Waals surface area contributed by atoms with Crippen LogP contribution in [-0.4, -0.2) is 21.8 Å². The molecule has 0 aliphatic heterocycles. The normalized spacial score (nSPS) is 14.3. The molecule has 4 nitrogen and oxygen atoms in total. The van der Waals surface area contributed by atoms with Crippen molar-refractivity contribution in [2.24, 2.45) is 0 Å². The van der Waals surface area contributed by atoms with Crippen LogP contribution in [0, 0.1) is 0 Å². The highest BCUT2D eigenvalue weighted by atomic mass is 16.3. The second kappa shape index (κ2) is 2.70. The Hall–Kier alpha value is -2.10. The van der Waals surface area contributed by atoms with E-state index in [1.165, 1.54) is 12.1 Å². The summed E-state index contributed by atoms with van der Waals surface area (Å²) in [5.41, 5.74) is 0.308. The molecule has 1 aromatic rings. The molecule has 14 heavy (non-hydrogen) atoms. The van der Waals surface area contributed by atoms with Crippen LogP contribution in [0.1, 0.15) is 15.9 Å². The van der Waals surface area contributed by atoms with Crippen molar-refractivity contribution in [2.75, 3.05) is 0 Å². The highest BCUT2D eigenvalue weighted by Gasteiger charge is 2.24. The van der Waals surface area contributed by atoms with Gasteiger partial charge in [0.1, 0.15) is 11.5 Å². The molecule has 0 spiro atoms. The molecule has 1 aliphatic carbocycles. The van der Waals surface area contributed by atoms with Crippen LogP contribution in [0.3, 0.4) is 0 Å². The molecule has 2 rings (SSSR count). The quantitative estimate of drug-likeness (QED) is 0.595. The zero-order valence-corrected chi connectivity index (χ0v) is 7.02. The Balaban J connectivity index is 2.75. The van der Waals surface area contributed by atoms with Gasteiger partial charge in [-0.15, -0.1) is 0 Å². The summed E-state index contributed by atoms with van der Waals surface area (Å²) in [5.74, 6) is -1.94. The van der Waals surface area contributed by atoms with Crippen molar-refractivity contribution >= 4 is 17.6 Å². The van der Waals surface area contributed by atoms with Crippen molar-refractivity contribution in [1.29, 1.82) is 0 Å². The summed E-state index contributed by atoms with van der Waals surface area (Å²) in [6.45, 7) is 0. The van der Waals surface area contributed by atoms with Gasteiger partial charge in [-0.25, -0.2) is 0 Å². The zero-order chi connectivity index (χ0) is 10.3. The summed E-state index contributed by atoms with van der Waals surface area (Å²) in [5, 5.41) is 18.5. The van der Waals surface area contributed by atoms with Crippen molar-refractivity contribution < 1.29 is 19.8 Å². The van der Waals surface area contributed by atoms with Crippen LogP contribution in [0.25, 0.3) is 6.08 Å². The Bertz CT molecular complexity index is 471. The number of allylic oxidation sites excluding steroid dienone is 1. The minimum Gasteiger partial charge on any atom is -0.508 e. The maximum atomic E-state index is 11.3. The Morgan fingerprint density at radius 2 is 1.71 bits per heavy atom. The summed E-state index contributed by atoms with van der Waals surface area (Å²) >= 11 is 0. The molecular formula is C10H6O4. The summed E-state index contributed by atoms with van der Waals surface area (Å²) in [4.78, 5) is 22.3.